The molecule has 2 heterocycles. The Morgan fingerprint density at radius 3 is 2.88 bits per heavy atom. The van der Waals surface area contributed by atoms with Gasteiger partial charge in [0.2, 0.25) is 5.91 Å². The SMILES string of the molecule is CCc1nc(CN(C)C(=O)CN2C(=O)NC3(CCCCC3C)C2=O)cs1. The zero-order valence-electron chi connectivity index (χ0n) is 15.6. The number of amides is 4. The highest BCUT2D eigenvalue weighted by atomic mass is 32.1. The Morgan fingerprint density at radius 1 is 1.46 bits per heavy atom. The first-order chi connectivity index (χ1) is 12.4. The van der Waals surface area contributed by atoms with Crippen LogP contribution in [0.5, 0.6) is 0 Å². The highest BCUT2D eigenvalue weighted by molar-refractivity contribution is 7.09. The molecule has 1 saturated carbocycles. The number of thiazole rings is 1. The molecule has 2 fully saturated rings. The average Bonchev–Trinajstić information content (AvgIpc) is 3.16. The van der Waals surface area contributed by atoms with Crippen molar-refractivity contribution in [2.75, 3.05) is 13.6 Å². The van der Waals surface area contributed by atoms with Gasteiger partial charge in [-0.3, -0.25) is 14.5 Å². The summed E-state index contributed by atoms with van der Waals surface area (Å²) in [4.78, 5) is 44.9. The first-order valence-corrected chi connectivity index (χ1v) is 10.1. The van der Waals surface area contributed by atoms with Crippen LogP contribution in [0, 0.1) is 5.92 Å². The molecule has 142 valence electrons. The first kappa shape index (κ1) is 18.8. The minimum absolute atomic E-state index is 0.0907. The van der Waals surface area contributed by atoms with E-state index >= 15 is 0 Å². The molecular weight excluding hydrogens is 352 g/mol. The second-order valence-electron chi connectivity index (χ2n) is 7.28. The summed E-state index contributed by atoms with van der Waals surface area (Å²) in [5, 5.41) is 5.85. The maximum atomic E-state index is 12.9. The molecule has 2 aliphatic rings. The normalized spacial score (nSPS) is 25.7. The molecular formula is C18H26N4O3S. The molecule has 1 aliphatic carbocycles. The molecule has 1 N–H and O–H groups in total. The van der Waals surface area contributed by atoms with Crippen molar-refractivity contribution in [1.82, 2.24) is 20.1 Å². The monoisotopic (exact) mass is 378 g/mol. The highest BCUT2D eigenvalue weighted by Crippen LogP contribution is 2.38. The van der Waals surface area contributed by atoms with Crippen LogP contribution in [0.4, 0.5) is 4.79 Å². The number of likely N-dealkylation sites (N-methyl/N-ethyl adjacent to an activating group) is 1. The lowest BCUT2D eigenvalue weighted by molar-refractivity contribution is -0.140. The van der Waals surface area contributed by atoms with Gasteiger partial charge in [0.25, 0.3) is 5.91 Å². The number of aryl methyl sites for hydroxylation is 1. The van der Waals surface area contributed by atoms with Crippen molar-refractivity contribution in [3.05, 3.63) is 16.1 Å². The van der Waals surface area contributed by atoms with Crippen LogP contribution >= 0.6 is 11.3 Å². The van der Waals surface area contributed by atoms with Crippen molar-refractivity contribution in [3.63, 3.8) is 0 Å². The number of nitrogens with zero attached hydrogens (tertiary/aromatic N) is 3. The van der Waals surface area contributed by atoms with Gasteiger partial charge in [0.15, 0.2) is 0 Å². The van der Waals surface area contributed by atoms with E-state index in [1.165, 1.54) is 4.90 Å². The first-order valence-electron chi connectivity index (χ1n) is 9.18. The van der Waals surface area contributed by atoms with E-state index in [0.717, 1.165) is 41.3 Å². The molecule has 8 heteroatoms. The van der Waals surface area contributed by atoms with Gasteiger partial charge < -0.3 is 10.2 Å². The zero-order valence-corrected chi connectivity index (χ0v) is 16.4. The summed E-state index contributed by atoms with van der Waals surface area (Å²) in [6.07, 6.45) is 4.42. The Bertz CT molecular complexity index is 719. The molecule has 2 atom stereocenters. The number of carbonyl (C=O) groups excluding carboxylic acids is 3. The van der Waals surface area contributed by atoms with Gasteiger partial charge in [-0.2, -0.15) is 0 Å². The Morgan fingerprint density at radius 2 is 2.23 bits per heavy atom. The number of rotatable bonds is 5. The molecule has 3 rings (SSSR count). The quantitative estimate of drug-likeness (QED) is 0.796. The summed E-state index contributed by atoms with van der Waals surface area (Å²) in [7, 11) is 1.67. The van der Waals surface area contributed by atoms with Crippen LogP contribution in [0.15, 0.2) is 5.38 Å². The van der Waals surface area contributed by atoms with Gasteiger partial charge in [-0.25, -0.2) is 9.78 Å². The van der Waals surface area contributed by atoms with Gasteiger partial charge in [-0.05, 0) is 25.2 Å². The lowest BCUT2D eigenvalue weighted by atomic mass is 9.73. The summed E-state index contributed by atoms with van der Waals surface area (Å²) in [5.41, 5.74) is 0.0105. The van der Waals surface area contributed by atoms with E-state index in [1.807, 2.05) is 19.2 Å². The van der Waals surface area contributed by atoms with Crippen LogP contribution in [0.2, 0.25) is 0 Å². The summed E-state index contributed by atoms with van der Waals surface area (Å²) < 4.78 is 0. The molecule has 1 aromatic rings. The number of imide groups is 1. The predicted octanol–water partition coefficient (Wildman–Crippen LogP) is 2.16. The minimum atomic E-state index is -0.820. The maximum absolute atomic E-state index is 12.9. The fourth-order valence-corrected chi connectivity index (χ4v) is 4.55. The van der Waals surface area contributed by atoms with Crippen molar-refractivity contribution >= 4 is 29.2 Å². The zero-order chi connectivity index (χ0) is 18.9. The molecule has 1 aromatic heterocycles. The van der Waals surface area contributed by atoms with E-state index in [1.54, 1.807) is 18.4 Å². The third-order valence-electron chi connectivity index (χ3n) is 5.52. The Balaban J connectivity index is 1.65. The molecule has 4 amide bonds. The van der Waals surface area contributed by atoms with Crippen LogP contribution in [-0.4, -0.2) is 51.8 Å². The number of carbonyl (C=O) groups is 3. The van der Waals surface area contributed by atoms with Gasteiger partial charge in [-0.15, -0.1) is 11.3 Å². The van der Waals surface area contributed by atoms with Crippen LogP contribution < -0.4 is 5.32 Å². The molecule has 0 aromatic carbocycles. The second kappa shape index (κ2) is 7.34. The van der Waals surface area contributed by atoms with Gasteiger partial charge in [0, 0.05) is 12.4 Å². The molecule has 0 bridgehead atoms. The summed E-state index contributed by atoms with van der Waals surface area (Å²) in [5.74, 6) is -0.425. The van der Waals surface area contributed by atoms with Crippen LogP contribution in [0.25, 0.3) is 0 Å². The Hall–Kier alpha value is -1.96. The highest BCUT2D eigenvalue weighted by Gasteiger charge is 2.55. The second-order valence-corrected chi connectivity index (χ2v) is 8.22. The lowest BCUT2D eigenvalue weighted by Gasteiger charge is -2.36. The van der Waals surface area contributed by atoms with Crippen molar-refractivity contribution in [3.8, 4) is 0 Å². The van der Waals surface area contributed by atoms with Crippen molar-refractivity contribution in [2.24, 2.45) is 5.92 Å². The van der Waals surface area contributed by atoms with Crippen LogP contribution in [-0.2, 0) is 22.6 Å². The average molecular weight is 378 g/mol. The van der Waals surface area contributed by atoms with E-state index in [2.05, 4.69) is 10.3 Å². The van der Waals surface area contributed by atoms with Crippen molar-refractivity contribution in [2.45, 2.75) is 58.0 Å². The minimum Gasteiger partial charge on any atom is -0.338 e. The van der Waals surface area contributed by atoms with E-state index < -0.39 is 11.6 Å². The van der Waals surface area contributed by atoms with Crippen LogP contribution in [0.1, 0.15) is 50.2 Å². The molecule has 1 saturated heterocycles. The number of aromatic nitrogens is 1. The molecule has 26 heavy (non-hydrogen) atoms. The van der Waals surface area contributed by atoms with Gasteiger partial charge >= 0.3 is 6.03 Å². The summed E-state index contributed by atoms with van der Waals surface area (Å²) in [6, 6.07) is -0.451. The molecule has 1 aliphatic heterocycles. The maximum Gasteiger partial charge on any atom is 0.325 e. The molecule has 0 radical (unpaired) electrons. The van der Waals surface area contributed by atoms with E-state index in [9.17, 15) is 14.4 Å². The molecule has 1 spiro atoms. The molecule has 7 nitrogen and oxygen atoms in total. The van der Waals surface area contributed by atoms with E-state index in [0.29, 0.717) is 13.0 Å². The fourth-order valence-electron chi connectivity index (χ4n) is 3.81. The standard InChI is InChI=1S/C18H26N4O3S/c1-4-14-19-13(11-26-14)9-21(3)15(23)10-22-16(24)18(20-17(22)25)8-6-5-7-12(18)2/h11-12H,4-10H2,1-3H3,(H,20,25). The molecule has 2 unspecified atom stereocenters. The van der Waals surface area contributed by atoms with Gasteiger partial charge in [-0.1, -0.05) is 26.7 Å². The Labute approximate surface area is 157 Å². The fraction of sp³-hybridized carbons (Fsp3) is 0.667. The smallest absolute Gasteiger partial charge is 0.325 e. The van der Waals surface area contributed by atoms with Crippen LogP contribution in [0.3, 0.4) is 0 Å². The van der Waals surface area contributed by atoms with Gasteiger partial charge in [0.05, 0.1) is 17.2 Å². The predicted molar refractivity (Wildman–Crippen MR) is 98.6 cm³/mol. The largest absolute Gasteiger partial charge is 0.338 e. The van der Waals surface area contributed by atoms with E-state index in [-0.39, 0.29) is 24.3 Å². The van der Waals surface area contributed by atoms with E-state index in [4.69, 9.17) is 0 Å². The number of nitrogens with one attached hydrogen (secondary N) is 1. The lowest BCUT2D eigenvalue weighted by Crippen LogP contribution is -2.54. The van der Waals surface area contributed by atoms with Crippen molar-refractivity contribution < 1.29 is 14.4 Å². The Kier molecular flexibility index (Phi) is 5.32. The number of urea groups is 1. The van der Waals surface area contributed by atoms with Gasteiger partial charge in [0.1, 0.15) is 12.1 Å². The third kappa shape index (κ3) is 3.34. The van der Waals surface area contributed by atoms with Crippen molar-refractivity contribution in [1.29, 1.82) is 0 Å². The number of hydrogen-bond donors (Lipinski definition) is 1. The summed E-state index contributed by atoms with van der Waals surface area (Å²) in [6.45, 7) is 4.19. The topological polar surface area (TPSA) is 82.6 Å². The summed E-state index contributed by atoms with van der Waals surface area (Å²) >= 11 is 1.57. The third-order valence-corrected chi connectivity index (χ3v) is 6.56. The number of hydrogen-bond acceptors (Lipinski definition) is 5.